The molecule has 0 unspecified atom stereocenters. The third-order valence-corrected chi connectivity index (χ3v) is 0.916. The molecule has 0 amide bonds. The Hall–Kier alpha value is -0.840. The molecule has 0 aliphatic heterocycles. The molecule has 5 heteroatoms. The van der Waals surface area contributed by atoms with E-state index in [1.54, 1.807) is 17.1 Å². The molecule has 0 aromatic carbocycles. The smallest absolute Gasteiger partial charge is 0.289 e. The summed E-state index contributed by atoms with van der Waals surface area (Å²) in [6, 6.07) is 0. The Kier molecular flexibility index (Phi) is 3.71. The largest absolute Gasteiger partial charge is 1.00 e. The van der Waals surface area contributed by atoms with E-state index in [0.29, 0.717) is 6.54 Å². The summed E-state index contributed by atoms with van der Waals surface area (Å²) in [6.07, 6.45) is 4.97. The number of halogens is 1. The topological polar surface area (TPSA) is 47.7 Å². The highest BCUT2D eigenvalue weighted by Crippen LogP contribution is 1.67. The Bertz CT molecular complexity index is 207. The van der Waals surface area contributed by atoms with Crippen LogP contribution in [-0.2, 0) is 6.54 Å². The first kappa shape index (κ1) is 9.16. The van der Waals surface area contributed by atoms with Gasteiger partial charge in [-0.05, 0) is 11.2 Å². The van der Waals surface area contributed by atoms with E-state index in [9.17, 15) is 0 Å². The third kappa shape index (κ3) is 2.18. The van der Waals surface area contributed by atoms with E-state index in [0.717, 1.165) is 0 Å². The van der Waals surface area contributed by atoms with Gasteiger partial charge in [0.25, 0.3) is 6.33 Å². The molecule has 0 fully saturated rings. The number of aromatic nitrogens is 3. The fraction of sp³-hybridized carbons (Fsp3) is 0.200. The van der Waals surface area contributed by atoms with Crippen molar-refractivity contribution in [2.24, 2.45) is 0 Å². The van der Waals surface area contributed by atoms with E-state index in [4.69, 9.17) is 5.84 Å². The van der Waals surface area contributed by atoms with E-state index in [-0.39, 0.29) is 17.0 Å². The number of hydrogen-bond donors (Lipinski definition) is 1. The van der Waals surface area contributed by atoms with Crippen molar-refractivity contribution in [3.63, 3.8) is 0 Å². The lowest BCUT2D eigenvalue weighted by atomic mass is 10.6. The maximum absolute atomic E-state index is 5.31. The number of nitrogens with two attached hydrogens (primary N) is 1. The van der Waals surface area contributed by atoms with Crippen molar-refractivity contribution >= 4 is 0 Å². The maximum Gasteiger partial charge on any atom is 0.289 e. The predicted octanol–water partition coefficient (Wildman–Crippen LogP) is -3.93. The zero-order valence-electron chi connectivity index (χ0n) is 5.44. The molecule has 0 aliphatic carbocycles. The van der Waals surface area contributed by atoms with Crippen molar-refractivity contribution in [3.8, 4) is 0 Å². The Morgan fingerprint density at radius 1 is 1.80 bits per heavy atom. The molecule has 1 heterocycles. The molecular weight excluding hydrogens is 196 g/mol. The average molecular weight is 205 g/mol. The van der Waals surface area contributed by atoms with Crippen molar-refractivity contribution in [1.29, 1.82) is 0 Å². The fourth-order valence-corrected chi connectivity index (χ4v) is 0.566. The molecule has 0 aliphatic rings. The van der Waals surface area contributed by atoms with Gasteiger partial charge in [0, 0.05) is 0 Å². The molecule has 1 rings (SSSR count). The molecule has 0 atom stereocenters. The van der Waals surface area contributed by atoms with E-state index < -0.39 is 0 Å². The Morgan fingerprint density at radius 2 is 2.50 bits per heavy atom. The monoisotopic (exact) mass is 204 g/mol. The summed E-state index contributed by atoms with van der Waals surface area (Å²) in [5.41, 5.74) is 0. The number of nitrogens with zero attached hydrogens (tertiary/aromatic N) is 3. The van der Waals surface area contributed by atoms with Gasteiger partial charge in [-0.1, -0.05) is 6.58 Å². The second-order valence-corrected chi connectivity index (χ2v) is 1.70. The Morgan fingerprint density at radius 3 is 2.90 bits per heavy atom. The molecule has 4 nitrogen and oxygen atoms in total. The molecule has 0 radical (unpaired) electrons. The van der Waals surface area contributed by atoms with Crippen LogP contribution in [0.2, 0.25) is 0 Å². The van der Waals surface area contributed by atoms with Crippen LogP contribution in [0, 0.1) is 0 Å². The number of allylic oxidation sites excluding steroid dienone is 1. The van der Waals surface area contributed by atoms with Gasteiger partial charge in [0.1, 0.15) is 6.54 Å². The predicted molar refractivity (Wildman–Crippen MR) is 32.8 cm³/mol. The molecule has 2 N–H and O–H groups in total. The molecular formula is C5H9BrN4. The van der Waals surface area contributed by atoms with Gasteiger partial charge in [0.2, 0.25) is 6.33 Å². The van der Waals surface area contributed by atoms with E-state index in [1.807, 2.05) is 0 Å². The lowest BCUT2D eigenvalue weighted by Crippen LogP contribution is -3.00. The van der Waals surface area contributed by atoms with Gasteiger partial charge in [0.15, 0.2) is 0 Å². The first-order valence-electron chi connectivity index (χ1n) is 2.62. The van der Waals surface area contributed by atoms with Crippen molar-refractivity contribution in [2.45, 2.75) is 6.54 Å². The first-order valence-corrected chi connectivity index (χ1v) is 2.62. The SMILES string of the molecule is C=CC[n+]1cn(N)cn1.[Br-]. The van der Waals surface area contributed by atoms with Crippen LogP contribution in [0.15, 0.2) is 25.3 Å². The average Bonchev–Trinajstić information content (AvgIpc) is 2.17. The van der Waals surface area contributed by atoms with Gasteiger partial charge < -0.3 is 17.0 Å². The van der Waals surface area contributed by atoms with Crippen LogP contribution in [-0.4, -0.2) is 9.77 Å². The molecule has 56 valence electrons. The van der Waals surface area contributed by atoms with Gasteiger partial charge in [-0.3, -0.25) is 5.84 Å². The fourth-order valence-electron chi connectivity index (χ4n) is 0.566. The number of rotatable bonds is 2. The minimum Gasteiger partial charge on any atom is -1.00 e. The molecule has 0 spiro atoms. The molecule has 0 saturated carbocycles. The van der Waals surface area contributed by atoms with E-state index in [1.165, 1.54) is 11.0 Å². The minimum absolute atomic E-state index is 0. The van der Waals surface area contributed by atoms with Crippen LogP contribution in [0.5, 0.6) is 0 Å². The second-order valence-electron chi connectivity index (χ2n) is 1.70. The van der Waals surface area contributed by atoms with Crippen molar-refractivity contribution in [3.05, 3.63) is 25.3 Å². The zero-order chi connectivity index (χ0) is 6.69. The first-order chi connectivity index (χ1) is 4.33. The molecule has 0 bridgehead atoms. The lowest BCUT2D eigenvalue weighted by molar-refractivity contribution is -0.742. The standard InChI is InChI=1S/C5H9N4.BrH/c1-2-3-9-5-8(6)4-7-9;/h2,4-5H,1,3,6H2;1H/q+1;/p-1. The van der Waals surface area contributed by atoms with Gasteiger partial charge in [-0.25, -0.2) is 0 Å². The van der Waals surface area contributed by atoms with Crippen LogP contribution in [0.25, 0.3) is 0 Å². The highest BCUT2D eigenvalue weighted by Gasteiger charge is 1.96. The summed E-state index contributed by atoms with van der Waals surface area (Å²) >= 11 is 0. The van der Waals surface area contributed by atoms with Gasteiger partial charge in [0.05, 0.1) is 0 Å². The highest BCUT2D eigenvalue weighted by molar-refractivity contribution is 4.58. The summed E-state index contributed by atoms with van der Waals surface area (Å²) in [6.45, 7) is 4.25. The molecule has 0 saturated heterocycles. The van der Waals surface area contributed by atoms with Gasteiger partial charge in [-0.2, -0.15) is 0 Å². The van der Waals surface area contributed by atoms with Crippen molar-refractivity contribution in [2.75, 3.05) is 5.84 Å². The number of hydrogen-bond acceptors (Lipinski definition) is 2. The molecule has 1 aromatic heterocycles. The van der Waals surface area contributed by atoms with Crippen LogP contribution >= 0.6 is 0 Å². The van der Waals surface area contributed by atoms with Crippen molar-refractivity contribution in [1.82, 2.24) is 9.77 Å². The maximum atomic E-state index is 5.31. The third-order valence-electron chi connectivity index (χ3n) is 0.916. The summed E-state index contributed by atoms with van der Waals surface area (Å²) in [7, 11) is 0. The van der Waals surface area contributed by atoms with E-state index >= 15 is 0 Å². The van der Waals surface area contributed by atoms with E-state index in [2.05, 4.69) is 11.7 Å². The van der Waals surface area contributed by atoms with Gasteiger partial charge in [-0.15, -0.1) is 9.36 Å². The molecule has 10 heavy (non-hydrogen) atoms. The summed E-state index contributed by atoms with van der Waals surface area (Å²) in [5, 5.41) is 3.89. The molecule has 1 aromatic rings. The Labute approximate surface area is 69.7 Å². The van der Waals surface area contributed by atoms with Crippen LogP contribution in [0.4, 0.5) is 0 Å². The lowest BCUT2D eigenvalue weighted by Gasteiger charge is -1.79. The summed E-state index contributed by atoms with van der Waals surface area (Å²) < 4.78 is 3.08. The highest BCUT2D eigenvalue weighted by atomic mass is 79.9. The summed E-state index contributed by atoms with van der Waals surface area (Å²) in [4.78, 5) is 0. The number of nitrogen functional groups attached to an aromatic ring is 1. The second kappa shape index (κ2) is 4.05. The Balaban J connectivity index is 0.000000810. The van der Waals surface area contributed by atoms with Crippen LogP contribution < -0.4 is 27.5 Å². The van der Waals surface area contributed by atoms with Crippen LogP contribution in [0.1, 0.15) is 0 Å². The minimum atomic E-state index is 0. The normalized spacial score (nSPS) is 8.40. The quantitative estimate of drug-likeness (QED) is 0.304. The zero-order valence-corrected chi connectivity index (χ0v) is 7.03. The van der Waals surface area contributed by atoms with Gasteiger partial charge >= 0.3 is 0 Å². The van der Waals surface area contributed by atoms with Crippen LogP contribution in [0.3, 0.4) is 0 Å². The summed E-state index contributed by atoms with van der Waals surface area (Å²) in [5.74, 6) is 5.31. The van der Waals surface area contributed by atoms with Crippen molar-refractivity contribution < 1.29 is 21.7 Å².